The molecule has 0 aromatic carbocycles. The molecule has 0 spiro atoms. The van der Waals surface area contributed by atoms with Gasteiger partial charge in [0, 0.05) is 6.42 Å². The second kappa shape index (κ2) is 5.83. The molecule has 126 valence electrons. The SMILES string of the molecule is C=CC1=C(OC)CC[C@]2(C)C(O[Si](C)(C)C(C)(C)C)CC[C@@H]12. The lowest BCUT2D eigenvalue weighted by atomic mass is 9.67. The van der Waals surface area contributed by atoms with E-state index in [1.54, 1.807) is 7.11 Å². The van der Waals surface area contributed by atoms with Gasteiger partial charge in [-0.25, -0.2) is 0 Å². The number of fused-ring (bicyclic) bond motifs is 1. The third-order valence-electron chi connectivity index (χ3n) is 6.55. The molecule has 3 atom stereocenters. The number of ether oxygens (including phenoxy) is 1. The van der Waals surface area contributed by atoms with Crippen molar-refractivity contribution in [1.29, 1.82) is 0 Å². The molecule has 0 aromatic heterocycles. The van der Waals surface area contributed by atoms with Gasteiger partial charge in [-0.3, -0.25) is 0 Å². The topological polar surface area (TPSA) is 18.5 Å². The summed E-state index contributed by atoms with van der Waals surface area (Å²) in [6.07, 6.45) is 6.95. The fourth-order valence-electron chi connectivity index (χ4n) is 3.97. The van der Waals surface area contributed by atoms with Crippen LogP contribution in [0.15, 0.2) is 24.0 Å². The molecule has 1 fully saturated rings. The highest BCUT2D eigenvalue weighted by Gasteiger charge is 2.53. The molecule has 0 heterocycles. The molecule has 22 heavy (non-hydrogen) atoms. The van der Waals surface area contributed by atoms with Crippen molar-refractivity contribution in [3.8, 4) is 0 Å². The van der Waals surface area contributed by atoms with Crippen molar-refractivity contribution in [3.63, 3.8) is 0 Å². The smallest absolute Gasteiger partial charge is 0.192 e. The molecule has 1 saturated carbocycles. The van der Waals surface area contributed by atoms with Crippen LogP contribution in [0.2, 0.25) is 18.1 Å². The van der Waals surface area contributed by atoms with Gasteiger partial charge in [-0.15, -0.1) is 0 Å². The first-order valence-corrected chi connectivity index (χ1v) is 11.5. The van der Waals surface area contributed by atoms with E-state index < -0.39 is 8.32 Å². The highest BCUT2D eigenvalue weighted by Crippen LogP contribution is 2.56. The van der Waals surface area contributed by atoms with Crippen LogP contribution >= 0.6 is 0 Å². The number of rotatable bonds is 4. The Morgan fingerprint density at radius 1 is 1.27 bits per heavy atom. The Bertz CT molecular complexity index is 472. The standard InChI is InChI=1S/C19H34O2Si/c1-9-14-15-10-11-17(21-22(7,8)18(2,3)4)19(15,5)13-12-16(14)20-6/h9,15,17H,1,10-13H2,2-8H3/t15-,17?,19-/m0/s1. The van der Waals surface area contributed by atoms with Crippen LogP contribution in [0, 0.1) is 11.3 Å². The normalized spacial score (nSPS) is 32.9. The van der Waals surface area contributed by atoms with Crippen molar-refractivity contribution in [3.05, 3.63) is 24.0 Å². The monoisotopic (exact) mass is 322 g/mol. The highest BCUT2D eigenvalue weighted by atomic mass is 28.4. The maximum atomic E-state index is 6.84. The first-order chi connectivity index (χ1) is 10.1. The zero-order valence-corrected chi connectivity index (χ0v) is 16.6. The number of hydrogen-bond donors (Lipinski definition) is 0. The summed E-state index contributed by atoms with van der Waals surface area (Å²) in [4.78, 5) is 0. The maximum Gasteiger partial charge on any atom is 0.192 e. The second-order valence-electron chi connectivity index (χ2n) is 8.79. The molecule has 0 bridgehead atoms. The average Bonchev–Trinajstić information content (AvgIpc) is 2.73. The lowest BCUT2D eigenvalue weighted by Gasteiger charge is -2.46. The van der Waals surface area contributed by atoms with Gasteiger partial charge in [0.05, 0.1) is 19.0 Å². The fourth-order valence-corrected chi connectivity index (χ4v) is 5.42. The molecule has 0 amide bonds. The molecule has 0 aliphatic heterocycles. The van der Waals surface area contributed by atoms with E-state index in [1.165, 1.54) is 18.4 Å². The van der Waals surface area contributed by atoms with Gasteiger partial charge in [0.1, 0.15) is 0 Å². The molecule has 2 rings (SSSR count). The summed E-state index contributed by atoms with van der Waals surface area (Å²) in [5.41, 5.74) is 1.57. The molecule has 0 N–H and O–H groups in total. The van der Waals surface area contributed by atoms with Gasteiger partial charge in [0.25, 0.3) is 0 Å². The van der Waals surface area contributed by atoms with Crippen molar-refractivity contribution in [2.45, 2.75) is 77.6 Å². The number of methoxy groups -OCH3 is 1. The predicted octanol–water partition coefficient (Wildman–Crippen LogP) is 5.67. The van der Waals surface area contributed by atoms with Crippen LogP contribution in [0.4, 0.5) is 0 Å². The van der Waals surface area contributed by atoms with Crippen molar-refractivity contribution < 1.29 is 9.16 Å². The van der Waals surface area contributed by atoms with Crippen LogP contribution in [-0.2, 0) is 9.16 Å². The summed E-state index contributed by atoms with van der Waals surface area (Å²) < 4.78 is 12.5. The minimum atomic E-state index is -1.72. The average molecular weight is 323 g/mol. The van der Waals surface area contributed by atoms with Crippen molar-refractivity contribution in [2.75, 3.05) is 7.11 Å². The lowest BCUT2D eigenvalue weighted by Crippen LogP contribution is -2.48. The van der Waals surface area contributed by atoms with Crippen molar-refractivity contribution in [2.24, 2.45) is 11.3 Å². The zero-order chi connectivity index (χ0) is 16.8. The zero-order valence-electron chi connectivity index (χ0n) is 15.6. The van der Waals surface area contributed by atoms with Gasteiger partial charge < -0.3 is 9.16 Å². The Labute approximate surface area is 138 Å². The van der Waals surface area contributed by atoms with Crippen LogP contribution < -0.4 is 0 Å². The maximum absolute atomic E-state index is 6.84. The third-order valence-corrected chi connectivity index (χ3v) is 11.0. The highest BCUT2D eigenvalue weighted by molar-refractivity contribution is 6.74. The molecule has 3 heteroatoms. The Kier molecular flexibility index (Phi) is 4.72. The molecular formula is C19H34O2Si. The van der Waals surface area contributed by atoms with Gasteiger partial charge >= 0.3 is 0 Å². The first-order valence-electron chi connectivity index (χ1n) is 8.64. The van der Waals surface area contributed by atoms with Crippen molar-refractivity contribution >= 4 is 8.32 Å². The molecule has 2 nitrogen and oxygen atoms in total. The van der Waals surface area contributed by atoms with E-state index in [4.69, 9.17) is 9.16 Å². The summed E-state index contributed by atoms with van der Waals surface area (Å²) in [7, 11) is 0.0678. The predicted molar refractivity (Wildman–Crippen MR) is 96.4 cm³/mol. The Balaban J connectivity index is 2.27. The second-order valence-corrected chi connectivity index (χ2v) is 13.5. The van der Waals surface area contributed by atoms with Crippen LogP contribution in [0.25, 0.3) is 0 Å². The Morgan fingerprint density at radius 2 is 1.91 bits per heavy atom. The Hall–Kier alpha value is -0.543. The summed E-state index contributed by atoms with van der Waals surface area (Å²) in [5, 5.41) is 0.269. The minimum absolute atomic E-state index is 0.237. The molecule has 0 radical (unpaired) electrons. The summed E-state index contributed by atoms with van der Waals surface area (Å²) in [6, 6.07) is 0. The van der Waals surface area contributed by atoms with E-state index >= 15 is 0 Å². The van der Waals surface area contributed by atoms with E-state index in [0.29, 0.717) is 12.0 Å². The van der Waals surface area contributed by atoms with Crippen LogP contribution in [-0.4, -0.2) is 21.5 Å². The van der Waals surface area contributed by atoms with Crippen LogP contribution in [0.3, 0.4) is 0 Å². The molecule has 0 aromatic rings. The van der Waals surface area contributed by atoms with Crippen molar-refractivity contribution in [1.82, 2.24) is 0 Å². The quantitative estimate of drug-likeness (QED) is 0.620. The van der Waals surface area contributed by atoms with E-state index in [-0.39, 0.29) is 10.5 Å². The molecule has 2 aliphatic carbocycles. The minimum Gasteiger partial charge on any atom is -0.501 e. The number of hydrogen-bond acceptors (Lipinski definition) is 2. The summed E-state index contributed by atoms with van der Waals surface area (Å²) in [6.45, 7) is 18.2. The van der Waals surface area contributed by atoms with E-state index in [1.807, 2.05) is 6.08 Å². The molecule has 1 unspecified atom stereocenters. The molecule has 0 saturated heterocycles. The van der Waals surface area contributed by atoms with E-state index in [0.717, 1.165) is 18.6 Å². The molecule has 2 aliphatic rings. The van der Waals surface area contributed by atoms with Gasteiger partial charge in [-0.1, -0.05) is 40.3 Å². The Morgan fingerprint density at radius 3 is 2.41 bits per heavy atom. The summed E-state index contributed by atoms with van der Waals surface area (Å²) in [5.74, 6) is 1.69. The third kappa shape index (κ3) is 2.82. The number of allylic oxidation sites excluding steroid dienone is 3. The van der Waals surface area contributed by atoms with Crippen LogP contribution in [0.5, 0.6) is 0 Å². The largest absolute Gasteiger partial charge is 0.501 e. The fraction of sp³-hybridized carbons (Fsp3) is 0.789. The van der Waals surface area contributed by atoms with Gasteiger partial charge in [0.2, 0.25) is 0 Å². The first kappa shape index (κ1) is 17.8. The van der Waals surface area contributed by atoms with Gasteiger partial charge in [-0.05, 0) is 54.3 Å². The molecular weight excluding hydrogens is 288 g/mol. The van der Waals surface area contributed by atoms with Crippen LogP contribution in [0.1, 0.15) is 53.4 Å². The van der Waals surface area contributed by atoms with Gasteiger partial charge in [-0.2, -0.15) is 0 Å². The summed E-state index contributed by atoms with van der Waals surface area (Å²) >= 11 is 0. The van der Waals surface area contributed by atoms with E-state index in [2.05, 4.69) is 47.4 Å². The van der Waals surface area contributed by atoms with Gasteiger partial charge in [0.15, 0.2) is 8.32 Å². The lowest BCUT2D eigenvalue weighted by molar-refractivity contribution is 0.0385. The van der Waals surface area contributed by atoms with E-state index in [9.17, 15) is 0 Å².